The molecule has 7 heteroatoms. The van der Waals surface area contributed by atoms with E-state index >= 15 is 0 Å². The molecule has 1 aliphatic heterocycles. The van der Waals surface area contributed by atoms with E-state index in [9.17, 15) is 0 Å². The summed E-state index contributed by atoms with van der Waals surface area (Å²) in [6.07, 6.45) is 0. The molecule has 0 aromatic heterocycles. The van der Waals surface area contributed by atoms with Crippen LogP contribution in [0, 0.1) is 0 Å². The summed E-state index contributed by atoms with van der Waals surface area (Å²) in [4.78, 5) is 5.56. The lowest BCUT2D eigenvalue weighted by Gasteiger charge is -2.36. The highest BCUT2D eigenvalue weighted by Gasteiger charge is 2.22. The van der Waals surface area contributed by atoms with E-state index in [0.29, 0.717) is 23.1 Å². The van der Waals surface area contributed by atoms with Gasteiger partial charge in [0.05, 0.1) is 7.11 Å². The highest BCUT2D eigenvalue weighted by molar-refractivity contribution is 9.10. The Morgan fingerprint density at radius 2 is 1.64 bits per heavy atom. The van der Waals surface area contributed by atoms with Crippen LogP contribution >= 0.6 is 39.7 Å². The van der Waals surface area contributed by atoms with Gasteiger partial charge < -0.3 is 14.4 Å². The van der Waals surface area contributed by atoms with Gasteiger partial charge in [-0.2, -0.15) is 0 Å². The quantitative estimate of drug-likeness (QED) is 0.330. The normalized spacial score (nSPS) is 14.2. The highest BCUT2D eigenvalue weighted by atomic mass is 79.9. The lowest BCUT2D eigenvalue weighted by molar-refractivity contribution is 0.177. The van der Waals surface area contributed by atoms with Gasteiger partial charge in [-0.3, -0.25) is 4.90 Å². The van der Waals surface area contributed by atoms with E-state index in [-0.39, 0.29) is 0 Å². The van der Waals surface area contributed by atoms with Crippen molar-refractivity contribution in [2.24, 2.45) is 0 Å². The molecule has 0 amide bonds. The Kier molecular flexibility index (Phi) is 8.25. The molecule has 0 saturated carbocycles. The van der Waals surface area contributed by atoms with E-state index in [1.165, 1.54) is 5.56 Å². The number of nitrogens with zero attached hydrogens (tertiary/aromatic N) is 2. The second-order valence-corrected chi connectivity index (χ2v) is 9.63. The summed E-state index contributed by atoms with van der Waals surface area (Å²) in [5, 5.41) is 0.706. The summed E-state index contributed by atoms with van der Waals surface area (Å²) in [6.45, 7) is 5.15. The number of thiocarbonyl (C=S) groups is 1. The van der Waals surface area contributed by atoms with Gasteiger partial charge in [0.2, 0.25) is 0 Å². The van der Waals surface area contributed by atoms with Crippen molar-refractivity contribution in [2.45, 2.75) is 13.2 Å². The third kappa shape index (κ3) is 6.27. The fourth-order valence-corrected chi connectivity index (χ4v) is 4.95. The Labute approximate surface area is 214 Å². The smallest absolute Gasteiger partial charge is 0.162 e. The van der Waals surface area contributed by atoms with Crippen molar-refractivity contribution in [1.29, 1.82) is 0 Å². The van der Waals surface area contributed by atoms with Crippen LogP contribution in [0.4, 0.5) is 0 Å². The first-order valence-corrected chi connectivity index (χ1v) is 12.4. The number of hydrogen-bond donors (Lipinski definition) is 0. The number of piperazine rings is 1. The fraction of sp³-hybridized carbons (Fsp3) is 0.269. The number of ether oxygens (including phenoxy) is 2. The van der Waals surface area contributed by atoms with Crippen LogP contribution in [0.2, 0.25) is 5.02 Å². The van der Waals surface area contributed by atoms with Gasteiger partial charge in [-0.15, -0.1) is 0 Å². The van der Waals surface area contributed by atoms with Gasteiger partial charge in [-0.05, 0) is 51.3 Å². The van der Waals surface area contributed by atoms with Gasteiger partial charge in [0.1, 0.15) is 11.6 Å². The Bertz CT molecular complexity index is 1090. The largest absolute Gasteiger partial charge is 0.493 e. The van der Waals surface area contributed by atoms with Gasteiger partial charge in [0.15, 0.2) is 11.5 Å². The standard InChI is InChI=1S/C26H26BrClN2O2S/c1-31-24-15-22(23(27)16-25(24)32-18-20-7-9-21(28)10-8-20)26(33)30-13-11-29(12-14-30)17-19-5-3-2-4-6-19/h2-10,15-16H,11-14,17-18H2,1H3. The second-order valence-electron chi connectivity index (χ2n) is 7.95. The molecule has 0 unspecified atom stereocenters. The molecule has 3 aromatic rings. The number of hydrogen-bond acceptors (Lipinski definition) is 4. The minimum absolute atomic E-state index is 0.424. The van der Waals surface area contributed by atoms with E-state index in [0.717, 1.165) is 53.3 Å². The average Bonchev–Trinajstić information content (AvgIpc) is 2.84. The molecule has 4 rings (SSSR count). The van der Waals surface area contributed by atoms with Gasteiger partial charge in [0, 0.05) is 47.8 Å². The molecule has 0 radical (unpaired) electrons. The zero-order valence-electron chi connectivity index (χ0n) is 18.5. The van der Waals surface area contributed by atoms with Crippen LogP contribution in [0.1, 0.15) is 16.7 Å². The molecule has 1 aliphatic rings. The molecule has 0 atom stereocenters. The first-order chi connectivity index (χ1) is 16.0. The molecule has 0 bridgehead atoms. The van der Waals surface area contributed by atoms with Crippen LogP contribution in [0.15, 0.2) is 71.2 Å². The Balaban J connectivity index is 1.39. The molecule has 172 valence electrons. The molecule has 33 heavy (non-hydrogen) atoms. The maximum Gasteiger partial charge on any atom is 0.162 e. The summed E-state index contributed by atoms with van der Waals surface area (Å²) in [5.41, 5.74) is 3.32. The number of halogens is 2. The lowest BCUT2D eigenvalue weighted by Crippen LogP contribution is -2.48. The molecule has 4 nitrogen and oxygen atoms in total. The number of rotatable bonds is 7. The summed E-state index contributed by atoms with van der Waals surface area (Å²) in [5.74, 6) is 1.32. The van der Waals surface area contributed by atoms with Crippen LogP contribution < -0.4 is 9.47 Å². The Morgan fingerprint density at radius 1 is 0.939 bits per heavy atom. The molecule has 0 spiro atoms. The molecule has 1 heterocycles. The van der Waals surface area contributed by atoms with Gasteiger partial charge in [0.25, 0.3) is 0 Å². The first-order valence-electron chi connectivity index (χ1n) is 10.8. The van der Waals surface area contributed by atoms with E-state index in [4.69, 9.17) is 33.3 Å². The van der Waals surface area contributed by atoms with E-state index in [2.05, 4.69) is 56.1 Å². The van der Waals surface area contributed by atoms with E-state index in [1.807, 2.05) is 36.4 Å². The predicted molar refractivity (Wildman–Crippen MR) is 141 cm³/mol. The van der Waals surface area contributed by atoms with Crippen LogP contribution in [-0.2, 0) is 13.2 Å². The van der Waals surface area contributed by atoms with Crippen molar-refractivity contribution in [3.8, 4) is 11.5 Å². The van der Waals surface area contributed by atoms with E-state index in [1.54, 1.807) is 7.11 Å². The lowest BCUT2D eigenvalue weighted by atomic mass is 10.1. The first kappa shape index (κ1) is 24.0. The van der Waals surface area contributed by atoms with Crippen molar-refractivity contribution >= 4 is 44.7 Å². The van der Waals surface area contributed by atoms with E-state index < -0.39 is 0 Å². The number of methoxy groups -OCH3 is 1. The summed E-state index contributed by atoms with van der Waals surface area (Å²) < 4.78 is 12.5. The SMILES string of the molecule is COc1cc(C(=S)N2CCN(Cc3ccccc3)CC2)c(Br)cc1OCc1ccc(Cl)cc1. The van der Waals surface area contributed by atoms with Crippen molar-refractivity contribution in [1.82, 2.24) is 9.80 Å². The van der Waals surface area contributed by atoms with Crippen molar-refractivity contribution in [3.63, 3.8) is 0 Å². The zero-order valence-corrected chi connectivity index (χ0v) is 21.6. The van der Waals surface area contributed by atoms with Gasteiger partial charge >= 0.3 is 0 Å². The van der Waals surface area contributed by atoms with Crippen LogP contribution in [0.3, 0.4) is 0 Å². The maximum atomic E-state index is 6.02. The highest BCUT2D eigenvalue weighted by Crippen LogP contribution is 2.35. The zero-order chi connectivity index (χ0) is 23.2. The molecule has 3 aromatic carbocycles. The fourth-order valence-electron chi connectivity index (χ4n) is 3.83. The van der Waals surface area contributed by atoms with Crippen molar-refractivity contribution < 1.29 is 9.47 Å². The minimum Gasteiger partial charge on any atom is -0.493 e. The predicted octanol–water partition coefficient (Wildman–Crippen LogP) is 6.18. The second kappa shape index (κ2) is 11.3. The molecule has 1 fully saturated rings. The van der Waals surface area contributed by atoms with Crippen LogP contribution in [0.25, 0.3) is 0 Å². The van der Waals surface area contributed by atoms with Gasteiger partial charge in [-0.1, -0.05) is 66.3 Å². The molecule has 0 N–H and O–H groups in total. The number of benzene rings is 3. The monoisotopic (exact) mass is 544 g/mol. The molecular formula is C26H26BrClN2O2S. The molecular weight excluding hydrogens is 520 g/mol. The Morgan fingerprint density at radius 3 is 2.30 bits per heavy atom. The minimum atomic E-state index is 0.424. The van der Waals surface area contributed by atoms with Crippen molar-refractivity contribution in [3.05, 3.63) is 92.9 Å². The summed E-state index contributed by atoms with van der Waals surface area (Å²) in [7, 11) is 1.65. The molecule has 1 saturated heterocycles. The third-order valence-corrected chi connectivity index (χ3v) is 7.09. The Hall–Kier alpha value is -2.12. The topological polar surface area (TPSA) is 24.9 Å². The molecule has 0 aliphatic carbocycles. The van der Waals surface area contributed by atoms with Crippen molar-refractivity contribution in [2.75, 3.05) is 33.3 Å². The summed E-state index contributed by atoms with van der Waals surface area (Å²) >= 11 is 15.5. The third-order valence-electron chi connectivity index (χ3n) is 5.70. The van der Waals surface area contributed by atoms with Crippen LogP contribution in [-0.4, -0.2) is 48.1 Å². The average molecular weight is 546 g/mol. The maximum absolute atomic E-state index is 6.02. The van der Waals surface area contributed by atoms with Gasteiger partial charge in [-0.25, -0.2) is 0 Å². The van der Waals surface area contributed by atoms with Crippen LogP contribution in [0.5, 0.6) is 11.5 Å². The summed E-state index contributed by atoms with van der Waals surface area (Å²) in [6, 6.07) is 22.1.